The highest BCUT2D eigenvalue weighted by molar-refractivity contribution is 5.36. The Balaban J connectivity index is 2.15. The van der Waals surface area contributed by atoms with Crippen molar-refractivity contribution in [3.8, 4) is 11.6 Å². The van der Waals surface area contributed by atoms with Crippen LogP contribution < -0.4 is 9.47 Å². The predicted octanol–water partition coefficient (Wildman–Crippen LogP) is 2.97. The summed E-state index contributed by atoms with van der Waals surface area (Å²) in [6.45, 7) is 6.10. The van der Waals surface area contributed by atoms with E-state index in [1.54, 1.807) is 0 Å². The second-order valence-electron chi connectivity index (χ2n) is 4.47. The Bertz CT molecular complexity index is 359. The van der Waals surface area contributed by atoms with E-state index in [2.05, 4.69) is 11.9 Å². The Morgan fingerprint density at radius 1 is 1.44 bits per heavy atom. The zero-order valence-electron chi connectivity index (χ0n) is 10.2. The van der Waals surface area contributed by atoms with E-state index in [4.69, 9.17) is 9.47 Å². The first-order valence-electron chi connectivity index (χ1n) is 6.01. The van der Waals surface area contributed by atoms with Gasteiger partial charge in [-0.1, -0.05) is 6.92 Å². The first-order chi connectivity index (χ1) is 7.69. The molecule has 0 spiro atoms. The van der Waals surface area contributed by atoms with E-state index in [1.807, 2.05) is 26.1 Å². The molecule has 0 aromatic carbocycles. The monoisotopic (exact) mass is 221 g/mol. The fraction of sp³-hybridized carbons (Fsp3) is 0.615. The SMILES string of the molecule is CCc1cnc(OC(C)C)cc1OC1CC1. The molecule has 0 radical (unpaired) electrons. The lowest BCUT2D eigenvalue weighted by Crippen LogP contribution is -2.08. The van der Waals surface area contributed by atoms with Crippen LogP contribution in [0.1, 0.15) is 39.2 Å². The topological polar surface area (TPSA) is 31.4 Å². The molecule has 1 aliphatic carbocycles. The fourth-order valence-electron chi connectivity index (χ4n) is 1.49. The molecule has 1 aliphatic rings. The molecule has 0 bridgehead atoms. The highest BCUT2D eigenvalue weighted by Crippen LogP contribution is 2.31. The minimum Gasteiger partial charge on any atom is -0.490 e. The van der Waals surface area contributed by atoms with E-state index in [1.165, 1.54) is 12.8 Å². The molecule has 1 heterocycles. The van der Waals surface area contributed by atoms with E-state index in [9.17, 15) is 0 Å². The molecule has 3 heteroatoms. The highest BCUT2D eigenvalue weighted by atomic mass is 16.5. The maximum Gasteiger partial charge on any atom is 0.217 e. The van der Waals surface area contributed by atoms with Gasteiger partial charge >= 0.3 is 0 Å². The number of hydrogen-bond donors (Lipinski definition) is 0. The second-order valence-corrected chi connectivity index (χ2v) is 4.47. The molecule has 2 rings (SSSR count). The molecule has 0 atom stereocenters. The van der Waals surface area contributed by atoms with Crippen LogP contribution in [-0.4, -0.2) is 17.2 Å². The van der Waals surface area contributed by atoms with Gasteiger partial charge in [0, 0.05) is 17.8 Å². The van der Waals surface area contributed by atoms with Crippen LogP contribution in [0.5, 0.6) is 11.6 Å². The first-order valence-corrected chi connectivity index (χ1v) is 6.01. The van der Waals surface area contributed by atoms with E-state index >= 15 is 0 Å². The number of hydrogen-bond acceptors (Lipinski definition) is 3. The van der Waals surface area contributed by atoms with Crippen LogP contribution >= 0.6 is 0 Å². The van der Waals surface area contributed by atoms with E-state index in [-0.39, 0.29) is 6.10 Å². The van der Waals surface area contributed by atoms with Crippen molar-refractivity contribution < 1.29 is 9.47 Å². The molecule has 1 aromatic rings. The molecule has 88 valence electrons. The number of rotatable bonds is 5. The number of pyridine rings is 1. The summed E-state index contributed by atoms with van der Waals surface area (Å²) in [5.41, 5.74) is 1.16. The lowest BCUT2D eigenvalue weighted by atomic mass is 10.2. The Kier molecular flexibility index (Phi) is 3.32. The first kappa shape index (κ1) is 11.2. The van der Waals surface area contributed by atoms with Gasteiger partial charge in [0.15, 0.2) is 0 Å². The molecule has 0 unspecified atom stereocenters. The zero-order chi connectivity index (χ0) is 11.5. The van der Waals surface area contributed by atoms with Gasteiger partial charge < -0.3 is 9.47 Å². The second kappa shape index (κ2) is 4.73. The summed E-state index contributed by atoms with van der Waals surface area (Å²) in [6, 6.07) is 1.91. The summed E-state index contributed by atoms with van der Waals surface area (Å²) in [4.78, 5) is 4.28. The van der Waals surface area contributed by atoms with Gasteiger partial charge in [0.05, 0.1) is 12.2 Å². The molecular weight excluding hydrogens is 202 g/mol. The van der Waals surface area contributed by atoms with Crippen molar-refractivity contribution in [1.29, 1.82) is 0 Å². The molecule has 0 saturated heterocycles. The smallest absolute Gasteiger partial charge is 0.217 e. The van der Waals surface area contributed by atoms with Crippen LogP contribution in [0, 0.1) is 0 Å². The van der Waals surface area contributed by atoms with E-state index in [0.29, 0.717) is 12.0 Å². The summed E-state index contributed by atoms with van der Waals surface area (Å²) >= 11 is 0. The third kappa shape index (κ3) is 2.87. The van der Waals surface area contributed by atoms with Crippen LogP contribution in [-0.2, 0) is 6.42 Å². The van der Waals surface area contributed by atoms with Crippen LogP contribution in [0.2, 0.25) is 0 Å². The van der Waals surface area contributed by atoms with Gasteiger partial charge in [-0.05, 0) is 33.1 Å². The van der Waals surface area contributed by atoms with Gasteiger partial charge in [-0.2, -0.15) is 0 Å². The minimum absolute atomic E-state index is 0.147. The Hall–Kier alpha value is -1.25. The van der Waals surface area contributed by atoms with Gasteiger partial charge in [0.25, 0.3) is 0 Å². The van der Waals surface area contributed by atoms with Crippen molar-refractivity contribution in [1.82, 2.24) is 4.98 Å². The number of ether oxygens (including phenoxy) is 2. The summed E-state index contributed by atoms with van der Waals surface area (Å²) in [5, 5.41) is 0. The molecule has 0 aliphatic heterocycles. The molecule has 3 nitrogen and oxygen atoms in total. The third-order valence-electron chi connectivity index (χ3n) is 2.47. The molecule has 1 fully saturated rings. The minimum atomic E-state index is 0.147. The van der Waals surface area contributed by atoms with Crippen molar-refractivity contribution in [2.45, 2.75) is 52.2 Å². The number of nitrogens with zero attached hydrogens (tertiary/aromatic N) is 1. The maximum absolute atomic E-state index is 5.85. The van der Waals surface area contributed by atoms with E-state index < -0.39 is 0 Å². The lowest BCUT2D eigenvalue weighted by molar-refractivity contribution is 0.229. The summed E-state index contributed by atoms with van der Waals surface area (Å²) < 4.78 is 11.4. The van der Waals surface area contributed by atoms with Gasteiger partial charge in [-0.25, -0.2) is 4.98 Å². The number of aromatic nitrogens is 1. The number of aryl methyl sites for hydroxylation is 1. The average molecular weight is 221 g/mol. The standard InChI is InChI=1S/C13H19NO2/c1-4-10-8-14-13(15-9(2)3)7-12(10)16-11-5-6-11/h7-9,11H,4-6H2,1-3H3. The molecule has 1 saturated carbocycles. The van der Waals surface area contributed by atoms with Crippen LogP contribution in [0.25, 0.3) is 0 Å². The Morgan fingerprint density at radius 3 is 2.75 bits per heavy atom. The molecule has 0 N–H and O–H groups in total. The Morgan fingerprint density at radius 2 is 2.19 bits per heavy atom. The van der Waals surface area contributed by atoms with Crippen molar-refractivity contribution in [3.05, 3.63) is 17.8 Å². The summed E-state index contributed by atoms with van der Waals surface area (Å²) in [7, 11) is 0. The third-order valence-corrected chi connectivity index (χ3v) is 2.47. The van der Waals surface area contributed by atoms with Crippen molar-refractivity contribution in [2.75, 3.05) is 0 Å². The lowest BCUT2D eigenvalue weighted by Gasteiger charge is -2.13. The highest BCUT2D eigenvalue weighted by Gasteiger charge is 2.24. The van der Waals surface area contributed by atoms with Crippen molar-refractivity contribution >= 4 is 0 Å². The van der Waals surface area contributed by atoms with Crippen molar-refractivity contribution in [2.24, 2.45) is 0 Å². The Labute approximate surface area is 96.8 Å². The average Bonchev–Trinajstić information content (AvgIpc) is 3.01. The van der Waals surface area contributed by atoms with E-state index in [0.717, 1.165) is 17.7 Å². The van der Waals surface area contributed by atoms with Crippen LogP contribution in [0.15, 0.2) is 12.3 Å². The van der Waals surface area contributed by atoms with Crippen LogP contribution in [0.3, 0.4) is 0 Å². The summed E-state index contributed by atoms with van der Waals surface area (Å²) in [5.74, 6) is 1.60. The van der Waals surface area contributed by atoms with Gasteiger partial charge in [0.2, 0.25) is 5.88 Å². The molecular formula is C13H19NO2. The maximum atomic E-state index is 5.85. The largest absolute Gasteiger partial charge is 0.490 e. The van der Waals surface area contributed by atoms with Gasteiger partial charge in [-0.15, -0.1) is 0 Å². The normalized spacial score (nSPS) is 15.2. The zero-order valence-corrected chi connectivity index (χ0v) is 10.2. The quantitative estimate of drug-likeness (QED) is 0.766. The van der Waals surface area contributed by atoms with Crippen LogP contribution in [0.4, 0.5) is 0 Å². The predicted molar refractivity (Wildman–Crippen MR) is 63.0 cm³/mol. The molecule has 1 aromatic heterocycles. The van der Waals surface area contributed by atoms with Gasteiger partial charge in [0.1, 0.15) is 5.75 Å². The molecule has 16 heavy (non-hydrogen) atoms. The fourth-order valence-corrected chi connectivity index (χ4v) is 1.49. The molecule has 0 amide bonds. The summed E-state index contributed by atoms with van der Waals surface area (Å²) in [6.07, 6.45) is 5.71. The van der Waals surface area contributed by atoms with Crippen molar-refractivity contribution in [3.63, 3.8) is 0 Å². The van der Waals surface area contributed by atoms with Gasteiger partial charge in [-0.3, -0.25) is 0 Å².